The maximum Gasteiger partial charge on any atom is 0.144 e. The number of rotatable bonds is 1. The first-order chi connectivity index (χ1) is 3.84. The summed E-state index contributed by atoms with van der Waals surface area (Å²) in [7, 11) is 1.64. The van der Waals surface area contributed by atoms with E-state index in [0.29, 0.717) is 0 Å². The lowest BCUT2D eigenvalue weighted by atomic mass is 10.6. The highest BCUT2D eigenvalue weighted by Crippen LogP contribution is 2.27. The summed E-state index contributed by atoms with van der Waals surface area (Å²) < 4.78 is 5.82. The first kappa shape index (κ1) is 6.11. The predicted molar refractivity (Wildman–Crippen MR) is 37.4 cm³/mol. The van der Waals surface area contributed by atoms with E-state index in [1.54, 1.807) is 7.11 Å². The zero-order valence-corrected chi connectivity index (χ0v) is 6.67. The Hall–Kier alpha value is -0.0200. The smallest absolute Gasteiger partial charge is 0.144 e. The zero-order chi connectivity index (χ0) is 5.98. The Bertz CT molecular complexity index is 173. The maximum atomic E-state index is 4.92. The quantitative estimate of drug-likeness (QED) is 0.663. The molecule has 0 saturated carbocycles. The van der Waals surface area contributed by atoms with E-state index in [4.69, 9.17) is 4.74 Å². The van der Waals surface area contributed by atoms with Gasteiger partial charge in [-0.15, -0.1) is 11.3 Å². The van der Waals surface area contributed by atoms with Gasteiger partial charge in [0.05, 0.1) is 17.0 Å². The minimum atomic E-state index is 0.856. The van der Waals surface area contributed by atoms with E-state index in [1.165, 1.54) is 11.3 Å². The van der Waals surface area contributed by atoms with Gasteiger partial charge in [-0.1, -0.05) is 0 Å². The van der Waals surface area contributed by atoms with Crippen LogP contribution in [0, 0.1) is 5.38 Å². The fourth-order valence-corrected chi connectivity index (χ4v) is 1.67. The summed E-state index contributed by atoms with van der Waals surface area (Å²) in [5.41, 5.74) is 0. The summed E-state index contributed by atoms with van der Waals surface area (Å²) in [6, 6.07) is 0. The van der Waals surface area contributed by atoms with Crippen molar-refractivity contribution < 1.29 is 4.74 Å². The molecule has 3 heteroatoms. The van der Waals surface area contributed by atoms with Crippen LogP contribution in [0.2, 0.25) is 0 Å². The number of hydrogen-bond acceptors (Lipinski definition) is 2. The molecule has 1 rings (SSSR count). The third-order valence-corrected chi connectivity index (χ3v) is 2.26. The minimum absolute atomic E-state index is 0.856. The second-order valence-electron chi connectivity index (χ2n) is 1.22. The van der Waals surface area contributed by atoms with E-state index in [0.717, 1.165) is 10.2 Å². The molecule has 1 aromatic rings. The van der Waals surface area contributed by atoms with Gasteiger partial charge in [0.1, 0.15) is 5.75 Å². The van der Waals surface area contributed by atoms with Crippen molar-refractivity contribution in [3.8, 4) is 5.75 Å². The molecule has 0 unspecified atom stereocenters. The van der Waals surface area contributed by atoms with Gasteiger partial charge in [-0.25, -0.2) is 0 Å². The van der Waals surface area contributed by atoms with Gasteiger partial charge in [0, 0.05) is 5.38 Å². The van der Waals surface area contributed by atoms with Gasteiger partial charge in [0.15, 0.2) is 0 Å². The van der Waals surface area contributed by atoms with Crippen LogP contribution < -0.4 is 4.74 Å². The molecule has 0 aromatic carbocycles. The van der Waals surface area contributed by atoms with Crippen molar-refractivity contribution in [2.45, 2.75) is 0 Å². The van der Waals surface area contributed by atoms with E-state index in [9.17, 15) is 0 Å². The number of halogens is 1. The Morgan fingerprint density at radius 1 is 1.88 bits per heavy atom. The molecule has 0 aliphatic heterocycles. The third-order valence-electron chi connectivity index (χ3n) is 0.751. The second kappa shape index (κ2) is 2.51. The first-order valence-electron chi connectivity index (χ1n) is 2.03. The van der Waals surface area contributed by atoms with Crippen molar-refractivity contribution in [2.75, 3.05) is 7.11 Å². The van der Waals surface area contributed by atoms with Gasteiger partial charge in [-0.05, 0) is 15.9 Å². The van der Waals surface area contributed by atoms with Gasteiger partial charge in [-0.2, -0.15) is 0 Å². The molecule has 0 fully saturated rings. The van der Waals surface area contributed by atoms with Crippen molar-refractivity contribution in [3.05, 3.63) is 15.2 Å². The van der Waals surface area contributed by atoms with Gasteiger partial charge < -0.3 is 4.74 Å². The number of ether oxygens (including phenoxy) is 1. The summed E-state index contributed by atoms with van der Waals surface area (Å²) >= 11 is 4.75. The summed E-state index contributed by atoms with van der Waals surface area (Å²) in [4.78, 5) is 0. The van der Waals surface area contributed by atoms with Crippen molar-refractivity contribution in [2.24, 2.45) is 0 Å². The van der Waals surface area contributed by atoms with Crippen molar-refractivity contribution in [1.29, 1.82) is 0 Å². The standard InChI is InChI=1S/C5H4BrOS/c1-7-5-3-8-2-4(5)6/h3H,1H3. The molecular formula is C5H4BrOS. The fourth-order valence-electron chi connectivity index (χ4n) is 0.374. The molecule has 1 nitrogen and oxygen atoms in total. The molecular weight excluding hydrogens is 188 g/mol. The van der Waals surface area contributed by atoms with E-state index in [1.807, 2.05) is 5.38 Å². The molecule has 0 bridgehead atoms. The minimum Gasteiger partial charge on any atom is -0.495 e. The van der Waals surface area contributed by atoms with E-state index in [2.05, 4.69) is 21.3 Å². The Balaban J connectivity index is 2.92. The van der Waals surface area contributed by atoms with Crippen molar-refractivity contribution in [1.82, 2.24) is 0 Å². The molecule has 0 amide bonds. The number of hydrogen-bond donors (Lipinski definition) is 0. The molecule has 0 atom stereocenters. The molecule has 1 radical (unpaired) electrons. The highest BCUT2D eigenvalue weighted by Gasteiger charge is 1.96. The maximum absolute atomic E-state index is 4.92. The lowest BCUT2D eigenvalue weighted by Gasteiger charge is -1.91. The van der Waals surface area contributed by atoms with Crippen molar-refractivity contribution >= 4 is 27.3 Å². The van der Waals surface area contributed by atoms with Crippen LogP contribution in [-0.4, -0.2) is 7.11 Å². The Morgan fingerprint density at radius 2 is 2.62 bits per heavy atom. The third kappa shape index (κ3) is 1.03. The van der Waals surface area contributed by atoms with Crippen LogP contribution >= 0.6 is 27.3 Å². The van der Waals surface area contributed by atoms with Crippen LogP contribution in [0.1, 0.15) is 0 Å². The lowest BCUT2D eigenvalue weighted by molar-refractivity contribution is 0.414. The lowest BCUT2D eigenvalue weighted by Crippen LogP contribution is -1.77. The molecule has 0 aliphatic rings. The average molecular weight is 192 g/mol. The average Bonchev–Trinajstić information content (AvgIpc) is 2.14. The van der Waals surface area contributed by atoms with Crippen molar-refractivity contribution in [3.63, 3.8) is 0 Å². The van der Waals surface area contributed by atoms with Gasteiger partial charge >= 0.3 is 0 Å². The predicted octanol–water partition coefficient (Wildman–Crippen LogP) is 2.32. The molecule has 0 aliphatic carbocycles. The van der Waals surface area contributed by atoms with Crippen LogP contribution in [0.25, 0.3) is 0 Å². The van der Waals surface area contributed by atoms with Crippen LogP contribution in [0.3, 0.4) is 0 Å². The van der Waals surface area contributed by atoms with Gasteiger partial charge in [0.25, 0.3) is 0 Å². The first-order valence-corrected chi connectivity index (χ1v) is 3.70. The van der Waals surface area contributed by atoms with E-state index in [-0.39, 0.29) is 0 Å². The topological polar surface area (TPSA) is 9.23 Å². The molecule has 43 valence electrons. The van der Waals surface area contributed by atoms with E-state index < -0.39 is 0 Å². The zero-order valence-electron chi connectivity index (χ0n) is 4.27. The monoisotopic (exact) mass is 191 g/mol. The number of thiophene rings is 1. The summed E-state index contributed by atoms with van der Waals surface area (Å²) in [6.07, 6.45) is 0. The van der Waals surface area contributed by atoms with Crippen LogP contribution in [0.5, 0.6) is 5.75 Å². The Labute approximate surface area is 60.4 Å². The number of methoxy groups -OCH3 is 1. The fraction of sp³-hybridized carbons (Fsp3) is 0.200. The molecule has 1 aromatic heterocycles. The van der Waals surface area contributed by atoms with Crippen LogP contribution in [0.15, 0.2) is 9.85 Å². The highest BCUT2D eigenvalue weighted by molar-refractivity contribution is 9.10. The largest absolute Gasteiger partial charge is 0.495 e. The van der Waals surface area contributed by atoms with Crippen LogP contribution in [-0.2, 0) is 0 Å². The van der Waals surface area contributed by atoms with E-state index >= 15 is 0 Å². The molecule has 0 saturated heterocycles. The second-order valence-corrected chi connectivity index (χ2v) is 2.69. The molecule has 1 heterocycles. The molecule has 0 N–H and O–H groups in total. The summed E-state index contributed by atoms with van der Waals surface area (Å²) in [5.74, 6) is 0.856. The Morgan fingerprint density at radius 3 is 2.88 bits per heavy atom. The highest BCUT2D eigenvalue weighted by atomic mass is 79.9. The Kier molecular flexibility index (Phi) is 1.91. The van der Waals surface area contributed by atoms with Crippen LogP contribution in [0.4, 0.5) is 0 Å². The summed E-state index contributed by atoms with van der Waals surface area (Å²) in [5, 5.41) is 4.85. The normalized spacial score (nSPS) is 9.25. The SMILES string of the molecule is COc1cs[c]c1Br. The van der Waals surface area contributed by atoms with Gasteiger partial charge in [0.2, 0.25) is 0 Å². The molecule has 8 heavy (non-hydrogen) atoms. The summed E-state index contributed by atoms with van der Waals surface area (Å²) in [6.45, 7) is 0. The molecule has 0 spiro atoms. The van der Waals surface area contributed by atoms with Gasteiger partial charge in [-0.3, -0.25) is 0 Å².